The molecule has 4 N–H and O–H groups in total. The number of nitrogen functional groups attached to an aromatic ring is 1. The lowest BCUT2D eigenvalue weighted by atomic mass is 10.2. The molecule has 31 heavy (non-hydrogen) atoms. The third kappa shape index (κ3) is 3.68. The number of rotatable bonds is 5. The smallest absolute Gasteiger partial charge is 0.351 e. The zero-order valence-corrected chi connectivity index (χ0v) is 17.7. The van der Waals surface area contributed by atoms with Crippen molar-refractivity contribution in [1.82, 2.24) is 24.5 Å². The molecule has 1 aliphatic rings. The summed E-state index contributed by atoms with van der Waals surface area (Å²) in [5.74, 6) is 0.0233. The average molecular weight is 459 g/mol. The van der Waals surface area contributed by atoms with Gasteiger partial charge in [0, 0.05) is 27.8 Å². The Kier molecular flexibility index (Phi) is 5.16. The number of anilines is 1. The fraction of sp³-hybridized carbons (Fsp3) is 0.263. The highest BCUT2D eigenvalue weighted by molar-refractivity contribution is 7.20. The molecule has 4 aromatic rings. The fourth-order valence-corrected chi connectivity index (χ4v) is 5.16. The molecule has 12 heteroatoms. The van der Waals surface area contributed by atoms with Gasteiger partial charge >= 0.3 is 5.69 Å². The maximum atomic E-state index is 12.4. The molecule has 0 radical (unpaired) electrons. The minimum absolute atomic E-state index is 0.0233. The molecule has 0 bridgehead atoms. The molecular formula is C19H18N6O4S2. The Bertz CT molecular complexity index is 1260. The highest BCUT2D eigenvalue weighted by Crippen LogP contribution is 2.33. The van der Waals surface area contributed by atoms with Crippen LogP contribution in [-0.4, -0.2) is 53.6 Å². The van der Waals surface area contributed by atoms with Crippen LogP contribution in [0.25, 0.3) is 26.7 Å². The standard InChI is InChI=1S/C19H18N6O4S2/c20-18-11(6-24(19(28)21-18)17-5-13(27)14(8-26)29-17)12-7-25(23-22-12)10-4-16(31-9-10)15-2-1-3-30-15/h1-4,6-7,9,13-14,17,26-27H,5,8H2,(H2,20,21,28)/t13-,14+,17+/m0/s1. The zero-order chi connectivity index (χ0) is 21.5. The van der Waals surface area contributed by atoms with E-state index in [0.717, 1.165) is 10.6 Å². The van der Waals surface area contributed by atoms with E-state index in [1.54, 1.807) is 33.6 Å². The molecule has 0 aliphatic carbocycles. The summed E-state index contributed by atoms with van der Waals surface area (Å²) in [5, 5.41) is 31.7. The number of aromatic nitrogens is 5. The molecule has 5 rings (SSSR count). The summed E-state index contributed by atoms with van der Waals surface area (Å²) < 4.78 is 8.46. The van der Waals surface area contributed by atoms with Gasteiger partial charge < -0.3 is 20.7 Å². The van der Waals surface area contributed by atoms with Gasteiger partial charge in [0.25, 0.3) is 0 Å². The summed E-state index contributed by atoms with van der Waals surface area (Å²) in [4.78, 5) is 18.6. The van der Waals surface area contributed by atoms with Crippen molar-refractivity contribution in [2.45, 2.75) is 24.9 Å². The van der Waals surface area contributed by atoms with E-state index in [0.29, 0.717) is 11.3 Å². The van der Waals surface area contributed by atoms with Gasteiger partial charge in [-0.25, -0.2) is 9.48 Å². The van der Waals surface area contributed by atoms with E-state index in [1.807, 2.05) is 22.9 Å². The van der Waals surface area contributed by atoms with Gasteiger partial charge in [0.2, 0.25) is 0 Å². The van der Waals surface area contributed by atoms with Crippen LogP contribution in [0.15, 0.2) is 46.1 Å². The summed E-state index contributed by atoms with van der Waals surface area (Å²) in [5.41, 5.74) is 7.11. The van der Waals surface area contributed by atoms with Crippen molar-refractivity contribution in [3.05, 3.63) is 51.8 Å². The Morgan fingerprint density at radius 3 is 2.90 bits per heavy atom. The van der Waals surface area contributed by atoms with E-state index >= 15 is 0 Å². The second-order valence-electron chi connectivity index (χ2n) is 7.04. The number of aliphatic hydroxyl groups excluding tert-OH is 2. The van der Waals surface area contributed by atoms with E-state index in [9.17, 15) is 15.0 Å². The van der Waals surface area contributed by atoms with Crippen LogP contribution in [0, 0.1) is 0 Å². The van der Waals surface area contributed by atoms with Crippen LogP contribution >= 0.6 is 22.7 Å². The maximum Gasteiger partial charge on any atom is 0.351 e. The summed E-state index contributed by atoms with van der Waals surface area (Å²) in [6.45, 7) is -0.343. The monoisotopic (exact) mass is 458 g/mol. The number of hydrogen-bond acceptors (Lipinski definition) is 10. The minimum Gasteiger partial charge on any atom is -0.394 e. The Balaban J connectivity index is 1.46. The second-order valence-corrected chi connectivity index (χ2v) is 8.90. The average Bonchev–Trinajstić information content (AvgIpc) is 3.53. The van der Waals surface area contributed by atoms with E-state index in [2.05, 4.69) is 21.4 Å². The molecule has 5 heterocycles. The number of nitrogens with two attached hydrogens (primary N) is 1. The van der Waals surface area contributed by atoms with E-state index < -0.39 is 24.1 Å². The third-order valence-corrected chi connectivity index (χ3v) is 7.04. The van der Waals surface area contributed by atoms with Gasteiger partial charge in [0.1, 0.15) is 23.8 Å². The molecule has 3 atom stereocenters. The number of hydrogen-bond donors (Lipinski definition) is 3. The van der Waals surface area contributed by atoms with Crippen molar-refractivity contribution in [1.29, 1.82) is 0 Å². The maximum absolute atomic E-state index is 12.4. The molecule has 160 valence electrons. The van der Waals surface area contributed by atoms with Gasteiger partial charge in [-0.3, -0.25) is 4.57 Å². The number of aliphatic hydroxyl groups is 2. The summed E-state index contributed by atoms with van der Waals surface area (Å²) in [7, 11) is 0. The van der Waals surface area contributed by atoms with E-state index in [4.69, 9.17) is 10.5 Å². The molecule has 0 amide bonds. The zero-order valence-electron chi connectivity index (χ0n) is 16.0. The lowest BCUT2D eigenvalue weighted by Crippen LogP contribution is -2.28. The molecule has 10 nitrogen and oxygen atoms in total. The third-order valence-electron chi connectivity index (χ3n) is 5.06. The highest BCUT2D eigenvalue weighted by Gasteiger charge is 2.35. The molecular weight excluding hydrogens is 440 g/mol. The van der Waals surface area contributed by atoms with Crippen LogP contribution in [0.5, 0.6) is 0 Å². The van der Waals surface area contributed by atoms with Crippen molar-refractivity contribution in [3.63, 3.8) is 0 Å². The molecule has 4 aromatic heterocycles. The van der Waals surface area contributed by atoms with E-state index in [-0.39, 0.29) is 18.8 Å². The Morgan fingerprint density at radius 1 is 1.29 bits per heavy atom. The molecule has 1 aliphatic heterocycles. The van der Waals surface area contributed by atoms with Crippen LogP contribution in [0.2, 0.25) is 0 Å². The Labute approximate surface area is 183 Å². The normalized spacial score (nSPS) is 21.0. The van der Waals surface area contributed by atoms with Crippen molar-refractivity contribution in [3.8, 4) is 26.7 Å². The van der Waals surface area contributed by atoms with Crippen molar-refractivity contribution in [2.75, 3.05) is 12.3 Å². The lowest BCUT2D eigenvalue weighted by molar-refractivity contribution is -0.0458. The first-order valence-corrected chi connectivity index (χ1v) is 11.2. The largest absolute Gasteiger partial charge is 0.394 e. The van der Waals surface area contributed by atoms with Gasteiger partial charge in [-0.2, -0.15) is 4.98 Å². The fourth-order valence-electron chi connectivity index (χ4n) is 3.44. The molecule has 0 saturated carbocycles. The van der Waals surface area contributed by atoms with Gasteiger partial charge in [0.15, 0.2) is 0 Å². The van der Waals surface area contributed by atoms with E-state index in [1.165, 1.54) is 15.6 Å². The van der Waals surface area contributed by atoms with Gasteiger partial charge in [-0.1, -0.05) is 11.3 Å². The minimum atomic E-state index is -0.875. The molecule has 1 fully saturated rings. The summed E-state index contributed by atoms with van der Waals surface area (Å²) >= 11 is 3.28. The first-order chi connectivity index (χ1) is 15.0. The Hall–Kier alpha value is -2.90. The van der Waals surface area contributed by atoms with Crippen LogP contribution in [-0.2, 0) is 4.74 Å². The topological polar surface area (TPSA) is 141 Å². The molecule has 0 spiro atoms. The van der Waals surface area contributed by atoms with Gasteiger partial charge in [0.05, 0.1) is 30.2 Å². The molecule has 0 unspecified atom stereocenters. The summed E-state index contributed by atoms with van der Waals surface area (Å²) in [6, 6.07) is 6.10. The Morgan fingerprint density at radius 2 is 2.16 bits per heavy atom. The first-order valence-electron chi connectivity index (χ1n) is 9.42. The van der Waals surface area contributed by atoms with Crippen molar-refractivity contribution in [2.24, 2.45) is 0 Å². The lowest BCUT2D eigenvalue weighted by Gasteiger charge is -2.15. The van der Waals surface area contributed by atoms with Crippen molar-refractivity contribution >= 4 is 28.5 Å². The number of ether oxygens (including phenoxy) is 1. The number of thiophene rings is 2. The molecule has 0 aromatic carbocycles. The van der Waals surface area contributed by atoms with Crippen LogP contribution in [0.3, 0.4) is 0 Å². The summed E-state index contributed by atoms with van der Waals surface area (Å²) in [6.07, 6.45) is 0.981. The van der Waals surface area contributed by atoms with Crippen LogP contribution < -0.4 is 11.4 Å². The van der Waals surface area contributed by atoms with Crippen molar-refractivity contribution < 1.29 is 14.9 Å². The number of nitrogens with zero attached hydrogens (tertiary/aromatic N) is 5. The predicted octanol–water partition coefficient (Wildman–Crippen LogP) is 1.50. The second kappa shape index (κ2) is 7.98. The van der Waals surface area contributed by atoms with Crippen LogP contribution in [0.1, 0.15) is 12.6 Å². The molecule has 1 saturated heterocycles. The van der Waals surface area contributed by atoms with Gasteiger partial charge in [-0.05, 0) is 17.5 Å². The highest BCUT2D eigenvalue weighted by atomic mass is 32.1. The predicted molar refractivity (Wildman–Crippen MR) is 116 cm³/mol. The quantitative estimate of drug-likeness (QED) is 0.409. The SMILES string of the molecule is Nc1nc(=O)n([C@H]2C[C@H](O)[C@@H](CO)O2)cc1-c1cn(-c2csc(-c3cccs3)c2)nn1. The first kappa shape index (κ1) is 20.0. The van der Waals surface area contributed by atoms with Crippen LogP contribution in [0.4, 0.5) is 5.82 Å². The van der Waals surface area contributed by atoms with Gasteiger partial charge in [-0.15, -0.1) is 27.8 Å².